The molecule has 19 heteroatoms. The molecule has 1 fully saturated rings. The van der Waals surface area contributed by atoms with Crippen LogP contribution >= 0.6 is 0 Å². The molecule has 1 heterocycles. The highest BCUT2D eigenvalue weighted by atomic mass is 16.4. The number of nitrogens with one attached hydrogen (secondary N) is 4. The molecule has 0 aliphatic carbocycles. The van der Waals surface area contributed by atoms with Gasteiger partial charge in [-0.2, -0.15) is 0 Å². The first kappa shape index (κ1) is 48.1. The lowest BCUT2D eigenvalue weighted by atomic mass is 9.99. The van der Waals surface area contributed by atoms with Crippen molar-refractivity contribution in [3.05, 3.63) is 71.8 Å². The lowest BCUT2D eigenvalue weighted by Crippen LogP contribution is -2.59. The molecule has 1 aliphatic heterocycles. The van der Waals surface area contributed by atoms with Crippen molar-refractivity contribution < 1.29 is 33.9 Å². The predicted octanol–water partition coefficient (Wildman–Crippen LogP) is -1.03. The Morgan fingerprint density at radius 2 is 1.20 bits per heavy atom. The van der Waals surface area contributed by atoms with Crippen LogP contribution in [0.2, 0.25) is 0 Å². The van der Waals surface area contributed by atoms with Crippen LogP contribution in [0.25, 0.3) is 0 Å². The number of guanidine groups is 2. The van der Waals surface area contributed by atoms with Gasteiger partial charge in [0.05, 0.1) is 6.04 Å². The van der Waals surface area contributed by atoms with Crippen molar-refractivity contribution in [2.45, 2.75) is 108 Å². The minimum Gasteiger partial charge on any atom is -0.480 e. The quantitative estimate of drug-likeness (QED) is 0.0345. The zero-order valence-corrected chi connectivity index (χ0v) is 34.4. The number of hydrogen-bond donors (Lipinski definition) is 10. The SMILES string of the molecule is CC(C)C[C@H](NC(=O)[C@@H](N)Cc1ccccc1)C(=O)N[C@@H](Cc1ccccc1)C(=O)N[C@@H](CCCN=C(N)N)C(=O)N1CCC[C@H]1C(=O)N[C@@H](CCCN=C(N)N)C(=O)O. The van der Waals surface area contributed by atoms with Crippen LogP contribution in [0.5, 0.6) is 0 Å². The van der Waals surface area contributed by atoms with E-state index in [1.165, 1.54) is 4.90 Å². The van der Waals surface area contributed by atoms with E-state index in [1.807, 2.05) is 50.2 Å². The molecule has 2 aromatic carbocycles. The van der Waals surface area contributed by atoms with E-state index >= 15 is 0 Å². The summed E-state index contributed by atoms with van der Waals surface area (Å²) < 4.78 is 0. The first-order valence-electron chi connectivity index (χ1n) is 20.2. The molecule has 5 amide bonds. The first-order chi connectivity index (χ1) is 28.5. The number of carboxylic acids is 1. The van der Waals surface area contributed by atoms with Gasteiger partial charge in [-0.15, -0.1) is 0 Å². The van der Waals surface area contributed by atoms with Crippen LogP contribution in [0.4, 0.5) is 0 Å². The van der Waals surface area contributed by atoms with E-state index in [2.05, 4.69) is 31.3 Å². The number of carbonyl (C=O) groups is 6. The Labute approximate surface area is 350 Å². The molecule has 0 unspecified atom stereocenters. The number of carbonyl (C=O) groups excluding carboxylic acids is 5. The molecule has 1 aliphatic rings. The Kier molecular flexibility index (Phi) is 19.8. The summed E-state index contributed by atoms with van der Waals surface area (Å²) >= 11 is 0. The molecule has 0 spiro atoms. The van der Waals surface area contributed by atoms with E-state index in [0.717, 1.165) is 5.56 Å². The monoisotopic (exact) mass is 834 g/mol. The predicted molar refractivity (Wildman–Crippen MR) is 228 cm³/mol. The van der Waals surface area contributed by atoms with Crippen LogP contribution in [-0.2, 0) is 41.6 Å². The molecular formula is C41H62N12O7. The molecule has 3 rings (SSSR count). The maximum absolute atomic E-state index is 14.3. The fourth-order valence-electron chi connectivity index (χ4n) is 6.84. The molecule has 15 N–H and O–H groups in total. The fraction of sp³-hybridized carbons (Fsp3) is 0.512. The lowest BCUT2D eigenvalue weighted by Gasteiger charge is -2.31. The summed E-state index contributed by atoms with van der Waals surface area (Å²) in [6, 6.07) is 11.6. The van der Waals surface area contributed by atoms with E-state index in [-0.39, 0.29) is 88.8 Å². The molecule has 60 heavy (non-hydrogen) atoms. The highest BCUT2D eigenvalue weighted by Gasteiger charge is 2.39. The minimum absolute atomic E-state index is 0.0268. The largest absolute Gasteiger partial charge is 0.480 e. The van der Waals surface area contributed by atoms with Gasteiger partial charge in [0, 0.05) is 26.1 Å². The van der Waals surface area contributed by atoms with Gasteiger partial charge in [-0.3, -0.25) is 34.0 Å². The van der Waals surface area contributed by atoms with Crippen molar-refractivity contribution in [3.63, 3.8) is 0 Å². The van der Waals surface area contributed by atoms with E-state index in [1.54, 1.807) is 24.3 Å². The zero-order valence-electron chi connectivity index (χ0n) is 34.4. The van der Waals surface area contributed by atoms with E-state index in [4.69, 9.17) is 28.7 Å². The molecule has 1 saturated heterocycles. The summed E-state index contributed by atoms with van der Waals surface area (Å²) in [5.74, 6) is -4.64. The molecule has 328 valence electrons. The second kappa shape index (κ2) is 24.6. The average molecular weight is 835 g/mol. The van der Waals surface area contributed by atoms with Gasteiger partial charge in [-0.25, -0.2) is 4.79 Å². The topological polar surface area (TPSA) is 329 Å². The van der Waals surface area contributed by atoms with Crippen LogP contribution in [0, 0.1) is 5.92 Å². The molecular weight excluding hydrogens is 773 g/mol. The van der Waals surface area contributed by atoms with Crippen molar-refractivity contribution in [3.8, 4) is 0 Å². The van der Waals surface area contributed by atoms with Crippen molar-refractivity contribution in [1.29, 1.82) is 0 Å². The number of hydrogen-bond acceptors (Lipinski definition) is 9. The standard InChI is InChI=1S/C41H62N12O7/c1-25(2)22-31(51-34(54)28(42)23-26-12-5-3-6-13-26)35(55)52-32(24-27-14-7-4-8-15-27)36(56)49-29(16-9-19-47-40(43)44)38(58)53-21-11-18-33(53)37(57)50-30(39(59)60)17-10-20-48-41(45)46/h3-8,12-15,25,28-33H,9-11,16-24,42H2,1-2H3,(H,49,56)(H,50,57)(H,51,54)(H,52,55)(H,59,60)(H4,43,44,47)(H4,45,46,48)/t28-,29-,30-,31-,32-,33-/m0/s1. The highest BCUT2D eigenvalue weighted by molar-refractivity contribution is 5.96. The minimum atomic E-state index is -1.26. The number of aliphatic carboxylic acids is 1. The van der Waals surface area contributed by atoms with Crippen molar-refractivity contribution in [2.24, 2.45) is 44.6 Å². The zero-order chi connectivity index (χ0) is 44.2. The van der Waals surface area contributed by atoms with E-state index in [0.29, 0.717) is 12.0 Å². The van der Waals surface area contributed by atoms with E-state index < -0.39 is 71.8 Å². The Morgan fingerprint density at radius 1 is 0.700 bits per heavy atom. The van der Waals surface area contributed by atoms with Gasteiger partial charge < -0.3 is 59.9 Å². The Hall–Kier alpha value is -6.24. The molecule has 0 saturated carbocycles. The smallest absolute Gasteiger partial charge is 0.326 e. The van der Waals surface area contributed by atoms with Gasteiger partial charge in [0.25, 0.3) is 0 Å². The number of rotatable bonds is 24. The summed E-state index contributed by atoms with van der Waals surface area (Å²) in [4.78, 5) is 90.6. The van der Waals surface area contributed by atoms with Crippen molar-refractivity contribution >= 4 is 47.4 Å². The summed E-state index contributed by atoms with van der Waals surface area (Å²) in [7, 11) is 0. The number of nitrogens with two attached hydrogens (primary N) is 5. The second-order valence-corrected chi connectivity index (χ2v) is 15.3. The summed E-state index contributed by atoms with van der Waals surface area (Å²) in [6.45, 7) is 4.27. The first-order valence-corrected chi connectivity index (χ1v) is 20.2. The maximum atomic E-state index is 14.3. The maximum Gasteiger partial charge on any atom is 0.326 e. The third-order valence-corrected chi connectivity index (χ3v) is 9.85. The number of aliphatic imine (C=N–C) groups is 2. The van der Waals surface area contributed by atoms with Crippen LogP contribution < -0.4 is 49.9 Å². The summed E-state index contributed by atoms with van der Waals surface area (Å²) in [6.07, 6.45) is 1.89. The van der Waals surface area contributed by atoms with Crippen LogP contribution in [0.3, 0.4) is 0 Å². The van der Waals surface area contributed by atoms with Crippen LogP contribution in [0.15, 0.2) is 70.6 Å². The normalized spacial score (nSPS) is 16.0. The molecule has 6 atom stereocenters. The van der Waals surface area contributed by atoms with Crippen molar-refractivity contribution in [2.75, 3.05) is 19.6 Å². The summed E-state index contributed by atoms with van der Waals surface area (Å²) in [5.41, 5.74) is 29.6. The Bertz CT molecular complexity index is 1790. The summed E-state index contributed by atoms with van der Waals surface area (Å²) in [5, 5.41) is 20.8. The van der Waals surface area contributed by atoms with Crippen LogP contribution in [-0.4, -0.2) is 113 Å². The van der Waals surface area contributed by atoms with Gasteiger partial charge in [0.1, 0.15) is 30.2 Å². The van der Waals surface area contributed by atoms with Crippen LogP contribution in [0.1, 0.15) is 69.9 Å². The van der Waals surface area contributed by atoms with Crippen molar-refractivity contribution in [1.82, 2.24) is 26.2 Å². The van der Waals surface area contributed by atoms with Gasteiger partial charge in [-0.1, -0.05) is 74.5 Å². The van der Waals surface area contributed by atoms with Gasteiger partial charge >= 0.3 is 5.97 Å². The lowest BCUT2D eigenvalue weighted by molar-refractivity contribution is -0.145. The molecule has 19 nitrogen and oxygen atoms in total. The van der Waals surface area contributed by atoms with E-state index in [9.17, 15) is 33.9 Å². The third-order valence-electron chi connectivity index (χ3n) is 9.85. The van der Waals surface area contributed by atoms with Gasteiger partial charge in [-0.05, 0) is 68.4 Å². The number of likely N-dealkylation sites (tertiary alicyclic amines) is 1. The number of carboxylic acid groups (broad SMARTS) is 1. The van der Waals surface area contributed by atoms with Gasteiger partial charge in [0.15, 0.2) is 11.9 Å². The highest BCUT2D eigenvalue weighted by Crippen LogP contribution is 2.21. The number of benzene rings is 2. The third kappa shape index (κ3) is 16.6. The Balaban J connectivity index is 1.85. The molecule has 0 bridgehead atoms. The Morgan fingerprint density at radius 3 is 1.73 bits per heavy atom. The fourth-order valence-corrected chi connectivity index (χ4v) is 6.84. The second-order valence-electron chi connectivity index (χ2n) is 15.3. The average Bonchev–Trinajstić information content (AvgIpc) is 3.70. The molecule has 0 aromatic heterocycles. The molecule has 2 aromatic rings. The number of amides is 5. The number of nitrogens with zero attached hydrogens (tertiary/aromatic N) is 3. The molecule has 0 radical (unpaired) electrons. The van der Waals surface area contributed by atoms with Gasteiger partial charge in [0.2, 0.25) is 29.5 Å².